The second-order valence-corrected chi connectivity index (χ2v) is 20.7. The summed E-state index contributed by atoms with van der Waals surface area (Å²) in [6.07, 6.45) is 0. The van der Waals surface area contributed by atoms with E-state index in [4.69, 9.17) is 0 Å². The number of phenols is 2. The molecule has 0 spiro atoms. The Morgan fingerprint density at radius 1 is 0.324 bits per heavy atom. The highest BCUT2D eigenvalue weighted by molar-refractivity contribution is 5.67. The second kappa shape index (κ2) is 19.9. The van der Waals surface area contributed by atoms with Crippen LogP contribution in [-0.4, -0.2) is 47.2 Å². The van der Waals surface area contributed by atoms with Gasteiger partial charge in [-0.15, -0.1) is 0 Å². The Morgan fingerprint density at radius 3 is 0.750 bits per heavy atom. The first kappa shape index (κ1) is 47.8. The number of hydrogen-bond acceptors (Lipinski definition) is 4. The minimum Gasteiger partial charge on any atom is -0.507 e. The molecule has 0 fully saturated rings. The fourth-order valence-corrected chi connectivity index (χ4v) is 10.2. The zero-order valence-corrected chi connectivity index (χ0v) is 41.2. The Hall–Kier alpha value is -6.72. The van der Waals surface area contributed by atoms with E-state index in [2.05, 4.69) is 272 Å². The van der Waals surface area contributed by atoms with Crippen LogP contribution in [0.1, 0.15) is 108 Å². The maximum Gasteiger partial charge on any atom is 0.124 e. The van der Waals surface area contributed by atoms with Crippen molar-refractivity contribution in [2.45, 2.75) is 76.3 Å². The molecule has 0 aliphatic carbocycles. The quantitative estimate of drug-likeness (QED) is 0.101. The van der Waals surface area contributed by atoms with Gasteiger partial charge in [0.25, 0.3) is 0 Å². The monoisotopic (exact) mass is 897 g/mol. The van der Waals surface area contributed by atoms with Crippen LogP contribution in [0.15, 0.2) is 206 Å². The van der Waals surface area contributed by atoms with Gasteiger partial charge in [-0.2, -0.15) is 0 Å². The lowest BCUT2D eigenvalue weighted by Crippen LogP contribution is -2.33. The molecule has 0 aliphatic heterocycles. The summed E-state index contributed by atoms with van der Waals surface area (Å²) in [5.74, 6) is 0.620. The van der Waals surface area contributed by atoms with Crippen molar-refractivity contribution in [3.8, 4) is 11.5 Å². The van der Waals surface area contributed by atoms with Crippen molar-refractivity contribution in [1.82, 2.24) is 9.80 Å². The van der Waals surface area contributed by atoms with Gasteiger partial charge < -0.3 is 20.0 Å². The molecule has 0 bridgehead atoms. The summed E-state index contributed by atoms with van der Waals surface area (Å²) < 4.78 is 0. The highest BCUT2D eigenvalue weighted by Crippen LogP contribution is 2.52. The van der Waals surface area contributed by atoms with Crippen LogP contribution >= 0.6 is 0 Å². The molecule has 0 atom stereocenters. The van der Waals surface area contributed by atoms with Crippen LogP contribution in [0.3, 0.4) is 0 Å². The first-order valence-corrected chi connectivity index (χ1v) is 24.1. The Bertz CT molecular complexity index is 2490. The topological polar surface area (TPSA) is 46.9 Å². The van der Waals surface area contributed by atoms with Crippen molar-refractivity contribution in [3.05, 3.63) is 273 Å². The van der Waals surface area contributed by atoms with Crippen molar-refractivity contribution in [2.75, 3.05) is 27.2 Å². The normalized spacial score (nSPS) is 12.4. The molecule has 0 saturated carbocycles. The number of nitrogens with zero attached hydrogens (tertiary/aromatic N) is 2. The third-order valence-corrected chi connectivity index (χ3v) is 13.9. The Balaban J connectivity index is 1.16. The Labute approximate surface area is 406 Å². The maximum absolute atomic E-state index is 12.8. The molecule has 0 amide bonds. The SMILES string of the molecule is CN(CCN(C)Cc1cc(C(C)(C)C)cc(C(c2ccccc2)(c2ccccc2)c2ccccc2)c1O)Cc1cc(C(C)(C)C)cc(C(c2ccccc2)(c2ccccc2)c2ccccc2)c1O. The Kier molecular flexibility index (Phi) is 13.9. The number of aromatic hydroxyl groups is 2. The van der Waals surface area contributed by atoms with E-state index in [0.29, 0.717) is 24.6 Å². The van der Waals surface area contributed by atoms with Crippen LogP contribution in [0.25, 0.3) is 0 Å². The lowest BCUT2D eigenvalue weighted by molar-refractivity contribution is 0.243. The van der Waals surface area contributed by atoms with E-state index >= 15 is 0 Å². The summed E-state index contributed by atoms with van der Waals surface area (Å²) in [6.45, 7) is 16.1. The standard InChI is InChI=1S/C64H68N2O2/c1-61(2,3)55-41-47(59(67)57(43-55)63(49-27-15-9-16-28-49,50-29-17-10-18-30-50)51-31-19-11-20-32-51)45-65(7)39-40-66(8)46-48-42-56(62(4,5)6)44-58(60(48)68)64(52-33-21-12-22-34-52,53-35-23-13-24-36-53)54-37-25-14-26-38-54/h9-38,41-44,67-68H,39-40,45-46H2,1-8H3. The zero-order valence-electron chi connectivity index (χ0n) is 41.2. The summed E-state index contributed by atoms with van der Waals surface area (Å²) in [6, 6.07) is 72.7. The molecule has 346 valence electrons. The van der Waals surface area contributed by atoms with Gasteiger partial charge in [-0.25, -0.2) is 0 Å². The van der Waals surface area contributed by atoms with Gasteiger partial charge in [0.2, 0.25) is 0 Å². The first-order valence-electron chi connectivity index (χ1n) is 24.1. The molecule has 0 aromatic heterocycles. The van der Waals surface area contributed by atoms with Gasteiger partial charge in [0.15, 0.2) is 0 Å². The lowest BCUT2D eigenvalue weighted by atomic mass is 9.63. The average molecular weight is 897 g/mol. The van der Waals surface area contributed by atoms with E-state index in [1.54, 1.807) is 0 Å². The molecule has 0 heterocycles. The third kappa shape index (κ3) is 9.41. The van der Waals surface area contributed by atoms with Gasteiger partial charge >= 0.3 is 0 Å². The molecule has 2 N–H and O–H groups in total. The smallest absolute Gasteiger partial charge is 0.124 e. The van der Waals surface area contributed by atoms with E-state index in [0.717, 1.165) is 68.7 Å². The van der Waals surface area contributed by atoms with Crippen LogP contribution in [0.4, 0.5) is 0 Å². The van der Waals surface area contributed by atoms with Crippen LogP contribution in [0.2, 0.25) is 0 Å². The van der Waals surface area contributed by atoms with Gasteiger partial charge in [0.1, 0.15) is 11.5 Å². The molecule has 8 rings (SSSR count). The van der Waals surface area contributed by atoms with Crippen molar-refractivity contribution in [3.63, 3.8) is 0 Å². The van der Waals surface area contributed by atoms with Gasteiger partial charge in [0, 0.05) is 48.4 Å². The van der Waals surface area contributed by atoms with Crippen molar-refractivity contribution < 1.29 is 10.2 Å². The molecule has 0 saturated heterocycles. The van der Waals surface area contributed by atoms with Crippen molar-refractivity contribution in [1.29, 1.82) is 0 Å². The summed E-state index contributed by atoms with van der Waals surface area (Å²) in [7, 11) is 4.28. The van der Waals surface area contributed by atoms with Gasteiger partial charge in [-0.1, -0.05) is 236 Å². The third-order valence-electron chi connectivity index (χ3n) is 13.9. The number of benzene rings is 8. The van der Waals surface area contributed by atoms with Crippen molar-refractivity contribution in [2.24, 2.45) is 0 Å². The van der Waals surface area contributed by atoms with Crippen LogP contribution in [-0.2, 0) is 34.7 Å². The predicted octanol–water partition coefficient (Wildman–Crippen LogP) is 14.0. The summed E-state index contributed by atoms with van der Waals surface area (Å²) in [4.78, 5) is 4.61. The van der Waals surface area contributed by atoms with E-state index in [1.165, 1.54) is 11.1 Å². The van der Waals surface area contributed by atoms with Crippen LogP contribution in [0.5, 0.6) is 11.5 Å². The molecule has 8 aromatic rings. The van der Waals surface area contributed by atoms with E-state index in [9.17, 15) is 10.2 Å². The number of hydrogen-bond donors (Lipinski definition) is 2. The molecule has 4 nitrogen and oxygen atoms in total. The number of rotatable bonds is 15. The van der Waals surface area contributed by atoms with E-state index in [-0.39, 0.29) is 10.8 Å². The minimum atomic E-state index is -0.787. The molecule has 68 heavy (non-hydrogen) atoms. The number of likely N-dealkylation sites (N-methyl/N-ethyl adjacent to an activating group) is 2. The maximum atomic E-state index is 12.8. The van der Waals surface area contributed by atoms with Crippen LogP contribution in [0, 0.1) is 0 Å². The van der Waals surface area contributed by atoms with Gasteiger partial charge in [-0.05, 0) is 81.6 Å². The fraction of sp³-hybridized carbons (Fsp3) is 0.250. The fourth-order valence-electron chi connectivity index (χ4n) is 10.2. The van der Waals surface area contributed by atoms with Crippen LogP contribution < -0.4 is 0 Å². The molecule has 0 aliphatic rings. The van der Waals surface area contributed by atoms with Crippen molar-refractivity contribution >= 4 is 0 Å². The highest BCUT2D eigenvalue weighted by Gasteiger charge is 2.43. The lowest BCUT2D eigenvalue weighted by Gasteiger charge is -2.39. The summed E-state index contributed by atoms with van der Waals surface area (Å²) >= 11 is 0. The molecule has 4 heteroatoms. The molecule has 8 aromatic carbocycles. The second-order valence-electron chi connectivity index (χ2n) is 20.7. The summed E-state index contributed by atoms with van der Waals surface area (Å²) in [5.41, 5.74) is 10.5. The Morgan fingerprint density at radius 2 is 0.544 bits per heavy atom. The number of phenolic OH excluding ortho intramolecular Hbond substituents is 2. The summed E-state index contributed by atoms with van der Waals surface area (Å²) in [5, 5.41) is 25.6. The van der Waals surface area contributed by atoms with E-state index < -0.39 is 10.8 Å². The average Bonchev–Trinajstić information content (AvgIpc) is 3.35. The molecular weight excluding hydrogens is 829 g/mol. The first-order chi connectivity index (χ1) is 32.6. The zero-order chi connectivity index (χ0) is 48.1. The van der Waals surface area contributed by atoms with Gasteiger partial charge in [-0.3, -0.25) is 0 Å². The van der Waals surface area contributed by atoms with E-state index in [1.807, 2.05) is 0 Å². The molecular formula is C64H68N2O2. The minimum absolute atomic E-state index is 0.187. The molecule has 0 radical (unpaired) electrons. The highest BCUT2D eigenvalue weighted by atomic mass is 16.3. The molecule has 0 unspecified atom stereocenters. The largest absolute Gasteiger partial charge is 0.507 e. The predicted molar refractivity (Wildman–Crippen MR) is 283 cm³/mol. The van der Waals surface area contributed by atoms with Gasteiger partial charge in [0.05, 0.1) is 10.8 Å².